The Morgan fingerprint density at radius 3 is 2.29 bits per heavy atom. The van der Waals surface area contributed by atoms with E-state index in [4.69, 9.17) is 34.8 Å². The zero-order valence-electron chi connectivity index (χ0n) is 11.8. The number of rotatable bonds is 4. The minimum Gasteiger partial charge on any atom is -0.330 e. The number of nitrogens with one attached hydrogen (secondary N) is 1. The Kier molecular flexibility index (Phi) is 5.03. The predicted octanol–water partition coefficient (Wildman–Crippen LogP) is 5.68. The van der Waals surface area contributed by atoms with Crippen molar-refractivity contribution in [1.29, 1.82) is 0 Å². The molecule has 0 aliphatic carbocycles. The van der Waals surface area contributed by atoms with Gasteiger partial charge < -0.3 is 5.32 Å². The lowest BCUT2D eigenvalue weighted by Gasteiger charge is -2.04. The summed E-state index contributed by atoms with van der Waals surface area (Å²) in [4.78, 5) is 4.19. The fraction of sp³-hybridized carbons (Fsp3) is 0. The number of para-hydroxylation sites is 1. The maximum absolute atomic E-state index is 12.7. The zero-order chi connectivity index (χ0) is 17.3. The van der Waals surface area contributed by atoms with Gasteiger partial charge in [-0.2, -0.15) is 0 Å². The molecule has 0 saturated heterocycles. The Balaban J connectivity index is 1.97. The lowest BCUT2D eigenvalue weighted by molar-refractivity contribution is 0.593. The van der Waals surface area contributed by atoms with Crippen LogP contribution in [0.2, 0.25) is 14.4 Å². The molecule has 0 unspecified atom stereocenters. The SMILES string of the molecule is O=S(=O)(c1ccc(Cl)cc1)c1nc(Nc2ccccc2Cl)sc1Cl. The van der Waals surface area contributed by atoms with Gasteiger partial charge in [-0.25, -0.2) is 13.4 Å². The van der Waals surface area contributed by atoms with E-state index in [2.05, 4.69) is 10.3 Å². The number of benzene rings is 2. The molecule has 2 aromatic carbocycles. The highest BCUT2D eigenvalue weighted by molar-refractivity contribution is 7.91. The van der Waals surface area contributed by atoms with E-state index in [1.807, 2.05) is 0 Å². The van der Waals surface area contributed by atoms with Gasteiger partial charge in [0.05, 0.1) is 15.6 Å². The normalized spacial score (nSPS) is 11.5. The van der Waals surface area contributed by atoms with E-state index in [0.29, 0.717) is 20.9 Å². The highest BCUT2D eigenvalue weighted by atomic mass is 35.5. The van der Waals surface area contributed by atoms with Crippen molar-refractivity contribution in [3.63, 3.8) is 0 Å². The van der Waals surface area contributed by atoms with E-state index in [9.17, 15) is 8.42 Å². The lowest BCUT2D eigenvalue weighted by Crippen LogP contribution is -2.03. The Bertz CT molecular complexity index is 986. The Morgan fingerprint density at radius 2 is 1.62 bits per heavy atom. The van der Waals surface area contributed by atoms with Crippen molar-refractivity contribution < 1.29 is 8.42 Å². The highest BCUT2D eigenvalue weighted by Crippen LogP contribution is 2.36. The number of halogens is 3. The zero-order valence-corrected chi connectivity index (χ0v) is 15.7. The van der Waals surface area contributed by atoms with Crippen LogP contribution in [0.15, 0.2) is 58.5 Å². The van der Waals surface area contributed by atoms with Gasteiger partial charge >= 0.3 is 0 Å². The molecular formula is C15H9Cl3N2O2S2. The summed E-state index contributed by atoms with van der Waals surface area (Å²) in [6.45, 7) is 0. The minimum absolute atomic E-state index is 0.0690. The first kappa shape index (κ1) is 17.5. The number of hydrogen-bond acceptors (Lipinski definition) is 5. The minimum atomic E-state index is -3.83. The molecule has 0 fully saturated rings. The van der Waals surface area contributed by atoms with E-state index in [1.165, 1.54) is 24.3 Å². The number of sulfone groups is 1. The molecule has 0 radical (unpaired) electrons. The summed E-state index contributed by atoms with van der Waals surface area (Å²) in [7, 11) is -3.83. The number of hydrogen-bond donors (Lipinski definition) is 1. The van der Waals surface area contributed by atoms with Gasteiger partial charge in [-0.05, 0) is 36.4 Å². The van der Waals surface area contributed by atoms with Crippen LogP contribution in [0, 0.1) is 0 Å². The van der Waals surface area contributed by atoms with E-state index in [0.717, 1.165) is 11.3 Å². The second-order valence-electron chi connectivity index (χ2n) is 4.66. The molecule has 0 saturated carbocycles. The molecule has 0 aliphatic heterocycles. The average molecular weight is 420 g/mol. The molecule has 0 aliphatic rings. The summed E-state index contributed by atoms with van der Waals surface area (Å²) in [5.74, 6) is 0. The number of thiazole rings is 1. The van der Waals surface area contributed by atoms with Gasteiger partial charge in [0.1, 0.15) is 4.34 Å². The summed E-state index contributed by atoms with van der Waals surface area (Å²) >= 11 is 19.0. The maximum atomic E-state index is 12.7. The largest absolute Gasteiger partial charge is 0.330 e. The molecule has 3 aromatic rings. The van der Waals surface area contributed by atoms with Gasteiger partial charge in [0.2, 0.25) is 9.84 Å². The van der Waals surface area contributed by atoms with E-state index in [1.54, 1.807) is 24.3 Å². The van der Waals surface area contributed by atoms with Crippen LogP contribution in [-0.4, -0.2) is 13.4 Å². The molecule has 9 heteroatoms. The van der Waals surface area contributed by atoms with E-state index < -0.39 is 9.84 Å². The molecule has 0 spiro atoms. The average Bonchev–Trinajstić information content (AvgIpc) is 2.91. The van der Waals surface area contributed by atoms with Gasteiger partial charge in [-0.15, -0.1) is 0 Å². The molecule has 124 valence electrons. The van der Waals surface area contributed by atoms with Gasteiger partial charge in [-0.3, -0.25) is 0 Å². The second-order valence-corrected chi connectivity index (χ2v) is 8.97. The molecule has 1 heterocycles. The lowest BCUT2D eigenvalue weighted by atomic mass is 10.3. The Hall–Kier alpha value is -1.31. The smallest absolute Gasteiger partial charge is 0.226 e. The van der Waals surface area contributed by atoms with Crippen molar-refractivity contribution in [2.75, 3.05) is 5.32 Å². The summed E-state index contributed by atoms with van der Waals surface area (Å²) in [5, 5.41) is 4.04. The van der Waals surface area contributed by atoms with Gasteiger partial charge in [0.15, 0.2) is 10.2 Å². The fourth-order valence-corrected chi connectivity index (χ4v) is 5.04. The number of anilines is 2. The topological polar surface area (TPSA) is 59.1 Å². The summed E-state index contributed by atoms with van der Waals surface area (Å²) in [6.07, 6.45) is 0. The van der Waals surface area contributed by atoms with Crippen molar-refractivity contribution in [1.82, 2.24) is 4.98 Å². The van der Waals surface area contributed by atoms with Gasteiger partial charge in [0, 0.05) is 5.02 Å². The fourth-order valence-electron chi connectivity index (χ4n) is 1.91. The molecule has 3 rings (SSSR count). The number of nitrogens with zero attached hydrogens (tertiary/aromatic N) is 1. The first-order valence-electron chi connectivity index (χ1n) is 6.56. The Morgan fingerprint density at radius 1 is 0.958 bits per heavy atom. The van der Waals surface area contributed by atoms with Crippen LogP contribution >= 0.6 is 46.1 Å². The van der Waals surface area contributed by atoms with Crippen molar-refractivity contribution in [3.8, 4) is 0 Å². The van der Waals surface area contributed by atoms with Crippen LogP contribution in [0.4, 0.5) is 10.8 Å². The highest BCUT2D eigenvalue weighted by Gasteiger charge is 2.25. The monoisotopic (exact) mass is 418 g/mol. The van der Waals surface area contributed by atoms with Crippen molar-refractivity contribution in [2.45, 2.75) is 9.92 Å². The first-order chi connectivity index (χ1) is 11.4. The van der Waals surface area contributed by atoms with Crippen molar-refractivity contribution >= 4 is 66.8 Å². The van der Waals surface area contributed by atoms with Gasteiger partial charge in [0.25, 0.3) is 0 Å². The van der Waals surface area contributed by atoms with Crippen LogP contribution in [-0.2, 0) is 9.84 Å². The standard InChI is InChI=1S/C15H9Cl3N2O2S2/c16-9-5-7-10(8-6-9)24(21,22)14-13(18)23-15(20-14)19-12-4-2-1-3-11(12)17/h1-8H,(H,19,20). The summed E-state index contributed by atoms with van der Waals surface area (Å²) in [5.41, 5.74) is 0.611. The van der Waals surface area contributed by atoms with E-state index in [-0.39, 0.29) is 14.3 Å². The summed E-state index contributed by atoms with van der Waals surface area (Å²) in [6, 6.07) is 12.9. The summed E-state index contributed by atoms with van der Waals surface area (Å²) < 4.78 is 25.4. The third kappa shape index (κ3) is 3.53. The molecule has 0 bridgehead atoms. The third-order valence-corrected chi connectivity index (χ3v) is 6.74. The first-order valence-corrected chi connectivity index (χ1v) is 10.00. The van der Waals surface area contributed by atoms with Crippen molar-refractivity contribution in [3.05, 3.63) is 62.9 Å². The predicted molar refractivity (Wildman–Crippen MR) is 98.8 cm³/mol. The molecule has 1 N–H and O–H groups in total. The van der Waals surface area contributed by atoms with Crippen LogP contribution in [0.25, 0.3) is 0 Å². The molecule has 1 aromatic heterocycles. The third-order valence-electron chi connectivity index (χ3n) is 3.05. The molecular weight excluding hydrogens is 411 g/mol. The molecule has 0 atom stereocenters. The second kappa shape index (κ2) is 6.90. The Labute approximate surface area is 157 Å². The van der Waals surface area contributed by atoms with Crippen LogP contribution in [0.5, 0.6) is 0 Å². The number of aromatic nitrogens is 1. The quantitative estimate of drug-likeness (QED) is 0.591. The molecule has 24 heavy (non-hydrogen) atoms. The van der Waals surface area contributed by atoms with E-state index >= 15 is 0 Å². The van der Waals surface area contributed by atoms with Crippen LogP contribution in [0.3, 0.4) is 0 Å². The van der Waals surface area contributed by atoms with Crippen LogP contribution in [0.1, 0.15) is 0 Å². The maximum Gasteiger partial charge on any atom is 0.226 e. The van der Waals surface area contributed by atoms with Crippen LogP contribution < -0.4 is 5.32 Å². The van der Waals surface area contributed by atoms with Crippen molar-refractivity contribution in [2.24, 2.45) is 0 Å². The van der Waals surface area contributed by atoms with Gasteiger partial charge in [-0.1, -0.05) is 58.3 Å². The molecule has 0 amide bonds. The molecule has 4 nitrogen and oxygen atoms in total.